The highest BCUT2D eigenvalue weighted by Crippen LogP contribution is 2.25. The van der Waals surface area contributed by atoms with Crippen LogP contribution in [0.3, 0.4) is 0 Å². The third kappa shape index (κ3) is 4.43. The number of benzene rings is 1. The minimum absolute atomic E-state index is 0.297. The van der Waals surface area contributed by atoms with Crippen molar-refractivity contribution in [3.05, 3.63) is 29.8 Å². The number of para-hydroxylation sites is 1. The van der Waals surface area contributed by atoms with Gasteiger partial charge in [0, 0.05) is 31.2 Å². The van der Waals surface area contributed by atoms with Gasteiger partial charge in [-0.25, -0.2) is 0 Å². The van der Waals surface area contributed by atoms with E-state index in [0.29, 0.717) is 6.04 Å². The Morgan fingerprint density at radius 3 is 2.81 bits per heavy atom. The normalized spacial score (nSPS) is 20.9. The highest BCUT2D eigenvalue weighted by atomic mass is 16.5. The van der Waals surface area contributed by atoms with E-state index >= 15 is 0 Å². The summed E-state index contributed by atoms with van der Waals surface area (Å²) in [4.78, 5) is 4.87. The van der Waals surface area contributed by atoms with Crippen LogP contribution in [0, 0.1) is 5.92 Å². The van der Waals surface area contributed by atoms with Gasteiger partial charge in [0.2, 0.25) is 0 Å². The van der Waals surface area contributed by atoms with Gasteiger partial charge in [-0.2, -0.15) is 0 Å². The molecular formula is C17H29N3O. The van der Waals surface area contributed by atoms with Gasteiger partial charge in [0.15, 0.2) is 0 Å². The smallest absolute Gasteiger partial charge is 0.123 e. The van der Waals surface area contributed by atoms with Gasteiger partial charge in [0.1, 0.15) is 5.75 Å². The molecule has 0 amide bonds. The van der Waals surface area contributed by atoms with Gasteiger partial charge < -0.3 is 19.9 Å². The minimum Gasteiger partial charge on any atom is -0.496 e. The molecule has 2 unspecified atom stereocenters. The van der Waals surface area contributed by atoms with Crippen molar-refractivity contribution in [3.8, 4) is 5.75 Å². The molecule has 1 fully saturated rings. The quantitative estimate of drug-likeness (QED) is 0.829. The third-order valence-corrected chi connectivity index (χ3v) is 4.42. The summed E-state index contributed by atoms with van der Waals surface area (Å²) in [6.07, 6.45) is 1.32. The van der Waals surface area contributed by atoms with Crippen molar-refractivity contribution >= 4 is 0 Å². The maximum atomic E-state index is 5.49. The van der Waals surface area contributed by atoms with Gasteiger partial charge >= 0.3 is 0 Å². The molecule has 0 aliphatic carbocycles. The van der Waals surface area contributed by atoms with Crippen molar-refractivity contribution < 1.29 is 4.74 Å². The topological polar surface area (TPSA) is 27.7 Å². The highest BCUT2D eigenvalue weighted by molar-refractivity contribution is 5.36. The molecule has 1 N–H and O–H groups in total. The Morgan fingerprint density at radius 2 is 2.19 bits per heavy atom. The van der Waals surface area contributed by atoms with Crippen molar-refractivity contribution in [3.63, 3.8) is 0 Å². The first-order valence-electron chi connectivity index (χ1n) is 7.81. The number of rotatable bonds is 7. The summed E-state index contributed by atoms with van der Waals surface area (Å²) in [6, 6.07) is 8.58. The van der Waals surface area contributed by atoms with Gasteiger partial charge in [-0.15, -0.1) is 0 Å². The van der Waals surface area contributed by atoms with Gasteiger partial charge in [-0.1, -0.05) is 18.2 Å². The Bertz CT molecular complexity index is 438. The second-order valence-electron chi connectivity index (χ2n) is 6.22. The van der Waals surface area contributed by atoms with E-state index in [4.69, 9.17) is 4.74 Å². The molecule has 0 saturated carbocycles. The van der Waals surface area contributed by atoms with Crippen LogP contribution < -0.4 is 10.1 Å². The zero-order valence-electron chi connectivity index (χ0n) is 13.8. The fraction of sp³-hybridized carbons (Fsp3) is 0.647. The van der Waals surface area contributed by atoms with Crippen molar-refractivity contribution in [2.24, 2.45) is 5.92 Å². The maximum Gasteiger partial charge on any atom is 0.123 e. The van der Waals surface area contributed by atoms with E-state index < -0.39 is 0 Å². The van der Waals surface area contributed by atoms with Crippen molar-refractivity contribution in [2.75, 3.05) is 54.4 Å². The van der Waals surface area contributed by atoms with E-state index in [2.05, 4.69) is 41.3 Å². The molecule has 1 aliphatic heterocycles. The summed E-state index contributed by atoms with van der Waals surface area (Å²) >= 11 is 0. The molecule has 1 aromatic carbocycles. The van der Waals surface area contributed by atoms with Crippen LogP contribution in [-0.2, 0) is 0 Å². The average Bonchev–Trinajstić information content (AvgIpc) is 2.89. The van der Waals surface area contributed by atoms with Crippen LogP contribution in [0.2, 0.25) is 0 Å². The predicted octanol–water partition coefficient (Wildman–Crippen LogP) is 1.84. The predicted molar refractivity (Wildman–Crippen MR) is 87.9 cm³/mol. The first-order valence-corrected chi connectivity index (χ1v) is 7.81. The highest BCUT2D eigenvalue weighted by Gasteiger charge is 2.22. The average molecular weight is 291 g/mol. The van der Waals surface area contributed by atoms with E-state index in [1.165, 1.54) is 25.1 Å². The van der Waals surface area contributed by atoms with Gasteiger partial charge in [-0.3, -0.25) is 0 Å². The van der Waals surface area contributed by atoms with Gasteiger partial charge in [-0.05, 0) is 46.1 Å². The molecule has 0 spiro atoms. The zero-order valence-corrected chi connectivity index (χ0v) is 13.8. The summed E-state index contributed by atoms with van der Waals surface area (Å²) < 4.78 is 5.49. The molecule has 118 valence electrons. The number of hydrogen-bond acceptors (Lipinski definition) is 4. The minimum atomic E-state index is 0.297. The number of ether oxygens (including phenoxy) is 1. The summed E-state index contributed by atoms with van der Waals surface area (Å²) in [5.74, 6) is 1.76. The van der Waals surface area contributed by atoms with Crippen LogP contribution >= 0.6 is 0 Å². The molecule has 2 atom stereocenters. The van der Waals surface area contributed by atoms with Crippen molar-refractivity contribution in [1.29, 1.82) is 0 Å². The lowest BCUT2D eigenvalue weighted by molar-refractivity contribution is 0.249. The standard InChI is InChI=1S/C17H29N3O/c1-18-16(15-7-5-6-8-17(15)21-4)13-20(3)12-14-9-10-19(2)11-14/h5-8,14,16,18H,9-13H2,1-4H3. The van der Waals surface area contributed by atoms with Crippen LogP contribution in [-0.4, -0.2) is 64.2 Å². The van der Waals surface area contributed by atoms with E-state index in [1.807, 2.05) is 19.2 Å². The molecule has 0 aromatic heterocycles. The molecule has 0 radical (unpaired) electrons. The number of likely N-dealkylation sites (tertiary alicyclic amines) is 1. The van der Waals surface area contributed by atoms with E-state index in [1.54, 1.807) is 7.11 Å². The Labute approximate surface area is 129 Å². The van der Waals surface area contributed by atoms with E-state index in [-0.39, 0.29) is 0 Å². The lowest BCUT2D eigenvalue weighted by Gasteiger charge is -2.27. The van der Waals surface area contributed by atoms with Crippen molar-refractivity contribution in [1.82, 2.24) is 15.1 Å². The SMILES string of the molecule is CNC(CN(C)CC1CCN(C)C1)c1ccccc1OC. The van der Waals surface area contributed by atoms with Gasteiger partial charge in [0.25, 0.3) is 0 Å². The lowest BCUT2D eigenvalue weighted by atomic mass is 10.0. The summed E-state index contributed by atoms with van der Waals surface area (Å²) in [5, 5.41) is 3.43. The number of methoxy groups -OCH3 is 1. The molecule has 21 heavy (non-hydrogen) atoms. The molecule has 0 bridgehead atoms. The first kappa shape index (κ1) is 16.3. The second kappa shape index (κ2) is 7.78. The first-order chi connectivity index (χ1) is 10.1. The third-order valence-electron chi connectivity index (χ3n) is 4.42. The van der Waals surface area contributed by atoms with Crippen molar-refractivity contribution in [2.45, 2.75) is 12.5 Å². The van der Waals surface area contributed by atoms with Crippen LogP contribution in [0.4, 0.5) is 0 Å². The summed E-state index contributed by atoms with van der Waals surface area (Å²) in [5.41, 5.74) is 1.23. The Morgan fingerprint density at radius 1 is 1.43 bits per heavy atom. The van der Waals surface area contributed by atoms with Crippen LogP contribution in [0.25, 0.3) is 0 Å². The molecule has 4 nitrogen and oxygen atoms in total. The van der Waals surface area contributed by atoms with Crippen LogP contribution in [0.15, 0.2) is 24.3 Å². The van der Waals surface area contributed by atoms with Crippen LogP contribution in [0.5, 0.6) is 5.75 Å². The Kier molecular flexibility index (Phi) is 6.03. The monoisotopic (exact) mass is 291 g/mol. The second-order valence-corrected chi connectivity index (χ2v) is 6.22. The van der Waals surface area contributed by atoms with E-state index in [0.717, 1.165) is 24.8 Å². The molecule has 1 saturated heterocycles. The maximum absolute atomic E-state index is 5.49. The Hall–Kier alpha value is -1.10. The van der Waals surface area contributed by atoms with Crippen LogP contribution in [0.1, 0.15) is 18.0 Å². The zero-order chi connectivity index (χ0) is 15.2. The number of nitrogens with one attached hydrogen (secondary N) is 1. The number of nitrogens with zero attached hydrogens (tertiary/aromatic N) is 2. The fourth-order valence-corrected chi connectivity index (χ4v) is 3.30. The molecule has 1 aromatic rings. The fourth-order valence-electron chi connectivity index (χ4n) is 3.30. The van der Waals surface area contributed by atoms with E-state index in [9.17, 15) is 0 Å². The molecule has 2 rings (SSSR count). The molecule has 1 heterocycles. The molecular weight excluding hydrogens is 262 g/mol. The summed E-state index contributed by atoms with van der Waals surface area (Å²) in [7, 11) is 8.20. The van der Waals surface area contributed by atoms with Gasteiger partial charge in [0.05, 0.1) is 7.11 Å². The molecule has 1 aliphatic rings. The Balaban J connectivity index is 1.95. The summed E-state index contributed by atoms with van der Waals surface area (Å²) in [6.45, 7) is 4.62. The molecule has 4 heteroatoms. The number of likely N-dealkylation sites (N-methyl/N-ethyl adjacent to an activating group) is 2. The lowest BCUT2D eigenvalue weighted by Crippen LogP contribution is -2.35. The largest absolute Gasteiger partial charge is 0.496 e. The number of hydrogen-bond donors (Lipinski definition) is 1.